The average Bonchev–Trinajstić information content (AvgIpc) is 2.81. The molecule has 1 aromatic carbocycles. The zero-order chi connectivity index (χ0) is 14.9. The van der Waals surface area contributed by atoms with Crippen molar-refractivity contribution >= 4 is 5.69 Å². The molecule has 3 unspecified atom stereocenters. The smallest absolute Gasteiger partial charge is 0.0378 e. The Kier molecular flexibility index (Phi) is 4.15. The van der Waals surface area contributed by atoms with Gasteiger partial charge >= 0.3 is 0 Å². The van der Waals surface area contributed by atoms with Crippen LogP contribution >= 0.6 is 0 Å². The topological polar surface area (TPSA) is 12.0 Å². The molecule has 1 heteroatoms. The Morgan fingerprint density at radius 1 is 0.864 bits per heavy atom. The molecule has 3 aliphatic rings. The van der Waals surface area contributed by atoms with Crippen LogP contribution in [0, 0.1) is 18.8 Å². The molecule has 2 saturated carbocycles. The highest BCUT2D eigenvalue weighted by Gasteiger charge is 2.40. The summed E-state index contributed by atoms with van der Waals surface area (Å²) in [6, 6.07) is 7.88. The standard InChI is InChI=1S/C21H31N/c1-15-12-13-20-19(14-15)17-10-6-3-7-11-18(17)21(22-20)16-8-4-2-5-9-16/h12-14,16-18,21-22H,2-11H2,1H3. The van der Waals surface area contributed by atoms with Gasteiger partial charge in [-0.15, -0.1) is 0 Å². The van der Waals surface area contributed by atoms with E-state index < -0.39 is 0 Å². The molecule has 0 radical (unpaired) electrons. The third-order valence-corrected chi connectivity index (χ3v) is 6.62. The van der Waals surface area contributed by atoms with Crippen molar-refractivity contribution in [3.63, 3.8) is 0 Å². The van der Waals surface area contributed by atoms with E-state index in [2.05, 4.69) is 30.4 Å². The number of hydrogen-bond donors (Lipinski definition) is 1. The van der Waals surface area contributed by atoms with Crippen LogP contribution in [0.5, 0.6) is 0 Å². The summed E-state index contributed by atoms with van der Waals surface area (Å²) in [4.78, 5) is 0. The number of rotatable bonds is 1. The molecule has 2 fully saturated rings. The first-order valence-corrected chi connectivity index (χ1v) is 9.70. The molecule has 0 bridgehead atoms. The maximum Gasteiger partial charge on any atom is 0.0378 e. The van der Waals surface area contributed by atoms with Crippen molar-refractivity contribution in [1.82, 2.24) is 0 Å². The van der Waals surface area contributed by atoms with Crippen molar-refractivity contribution in [2.75, 3.05) is 5.32 Å². The second-order valence-corrected chi connectivity index (χ2v) is 8.07. The highest BCUT2D eigenvalue weighted by atomic mass is 15.0. The Hall–Kier alpha value is -0.980. The summed E-state index contributed by atoms with van der Waals surface area (Å²) < 4.78 is 0. The van der Waals surface area contributed by atoms with Crippen LogP contribution in [0.1, 0.15) is 81.3 Å². The normalized spacial score (nSPS) is 32.5. The number of fused-ring (bicyclic) bond motifs is 3. The molecule has 3 atom stereocenters. The Balaban J connectivity index is 1.69. The fourth-order valence-corrected chi connectivity index (χ4v) is 5.52. The molecule has 0 aromatic heterocycles. The zero-order valence-electron chi connectivity index (χ0n) is 14.1. The maximum atomic E-state index is 4.02. The van der Waals surface area contributed by atoms with Gasteiger partial charge in [-0.2, -0.15) is 0 Å². The maximum absolute atomic E-state index is 4.02. The first-order valence-electron chi connectivity index (χ1n) is 9.70. The van der Waals surface area contributed by atoms with Gasteiger partial charge in [0, 0.05) is 11.7 Å². The fourth-order valence-electron chi connectivity index (χ4n) is 5.52. The largest absolute Gasteiger partial charge is 0.382 e. The summed E-state index contributed by atoms with van der Waals surface area (Å²) in [7, 11) is 0. The Morgan fingerprint density at radius 2 is 1.59 bits per heavy atom. The van der Waals surface area contributed by atoms with Gasteiger partial charge in [-0.25, -0.2) is 0 Å². The van der Waals surface area contributed by atoms with E-state index >= 15 is 0 Å². The fraction of sp³-hybridized carbons (Fsp3) is 0.714. The predicted octanol–water partition coefficient (Wildman–Crippen LogP) is 6.03. The molecule has 4 rings (SSSR count). The Morgan fingerprint density at radius 3 is 2.41 bits per heavy atom. The molecule has 0 saturated heterocycles. The van der Waals surface area contributed by atoms with Crippen LogP contribution in [0.15, 0.2) is 18.2 Å². The van der Waals surface area contributed by atoms with E-state index in [0.29, 0.717) is 0 Å². The molecule has 1 aliphatic heterocycles. The lowest BCUT2D eigenvalue weighted by Crippen LogP contribution is -2.43. The summed E-state index contributed by atoms with van der Waals surface area (Å²) in [6.45, 7) is 2.25. The molecule has 0 spiro atoms. The molecule has 1 aromatic rings. The zero-order valence-corrected chi connectivity index (χ0v) is 14.1. The first-order chi connectivity index (χ1) is 10.8. The van der Waals surface area contributed by atoms with Crippen molar-refractivity contribution in [2.24, 2.45) is 11.8 Å². The molecule has 1 heterocycles. The SMILES string of the molecule is Cc1ccc2c(c1)C1CCCCCC1C(C1CCCCC1)N2. The minimum absolute atomic E-state index is 0.749. The number of anilines is 1. The number of aryl methyl sites for hydroxylation is 1. The number of benzene rings is 1. The Bertz CT molecular complexity index is 515. The van der Waals surface area contributed by atoms with Crippen LogP contribution in [0.3, 0.4) is 0 Å². The third-order valence-electron chi connectivity index (χ3n) is 6.62. The molecule has 22 heavy (non-hydrogen) atoms. The summed E-state index contributed by atoms with van der Waals surface area (Å²) in [5.74, 6) is 2.64. The van der Waals surface area contributed by atoms with Gasteiger partial charge in [0.2, 0.25) is 0 Å². The van der Waals surface area contributed by atoms with Crippen LogP contribution in [0.4, 0.5) is 5.69 Å². The lowest BCUT2D eigenvalue weighted by atomic mass is 9.68. The van der Waals surface area contributed by atoms with Crippen molar-refractivity contribution in [3.8, 4) is 0 Å². The first kappa shape index (κ1) is 14.6. The second-order valence-electron chi connectivity index (χ2n) is 8.07. The van der Waals surface area contributed by atoms with E-state index in [1.54, 1.807) is 5.56 Å². The van der Waals surface area contributed by atoms with Crippen LogP contribution in [-0.4, -0.2) is 6.04 Å². The highest BCUT2D eigenvalue weighted by molar-refractivity contribution is 5.58. The van der Waals surface area contributed by atoms with Crippen LogP contribution in [-0.2, 0) is 0 Å². The highest BCUT2D eigenvalue weighted by Crippen LogP contribution is 2.49. The molecular formula is C21H31N. The average molecular weight is 297 g/mol. The summed E-state index contributed by atoms with van der Waals surface area (Å²) in [5.41, 5.74) is 4.53. The van der Waals surface area contributed by atoms with Gasteiger partial charge in [-0.1, -0.05) is 56.2 Å². The molecule has 0 amide bonds. The minimum Gasteiger partial charge on any atom is -0.382 e. The third kappa shape index (κ3) is 2.68. The van der Waals surface area contributed by atoms with Gasteiger partial charge in [-0.05, 0) is 62.0 Å². The van der Waals surface area contributed by atoms with E-state index in [4.69, 9.17) is 0 Å². The molecular weight excluding hydrogens is 266 g/mol. The van der Waals surface area contributed by atoms with Crippen molar-refractivity contribution in [1.29, 1.82) is 0 Å². The monoisotopic (exact) mass is 297 g/mol. The number of hydrogen-bond acceptors (Lipinski definition) is 1. The minimum atomic E-state index is 0.749. The van der Waals surface area contributed by atoms with Gasteiger partial charge in [0.15, 0.2) is 0 Å². The summed E-state index contributed by atoms with van der Waals surface area (Å²) in [6.07, 6.45) is 14.5. The van der Waals surface area contributed by atoms with Gasteiger partial charge < -0.3 is 5.32 Å². The quantitative estimate of drug-likeness (QED) is 0.667. The van der Waals surface area contributed by atoms with Crippen molar-refractivity contribution < 1.29 is 0 Å². The van der Waals surface area contributed by atoms with Crippen molar-refractivity contribution in [2.45, 2.75) is 83.1 Å². The van der Waals surface area contributed by atoms with E-state index in [0.717, 1.165) is 23.8 Å². The lowest BCUT2D eigenvalue weighted by Gasteiger charge is -2.45. The molecule has 120 valence electrons. The van der Waals surface area contributed by atoms with Crippen molar-refractivity contribution in [3.05, 3.63) is 29.3 Å². The van der Waals surface area contributed by atoms with Gasteiger partial charge in [0.05, 0.1) is 0 Å². The number of nitrogens with one attached hydrogen (secondary N) is 1. The van der Waals surface area contributed by atoms with Crippen LogP contribution in [0.25, 0.3) is 0 Å². The van der Waals surface area contributed by atoms with Crippen LogP contribution < -0.4 is 5.32 Å². The lowest BCUT2D eigenvalue weighted by molar-refractivity contribution is 0.219. The summed E-state index contributed by atoms with van der Waals surface area (Å²) >= 11 is 0. The Labute approximate surface area is 135 Å². The van der Waals surface area contributed by atoms with E-state index in [-0.39, 0.29) is 0 Å². The van der Waals surface area contributed by atoms with Gasteiger partial charge in [0.25, 0.3) is 0 Å². The van der Waals surface area contributed by atoms with E-state index in [1.807, 2.05) is 0 Å². The van der Waals surface area contributed by atoms with E-state index in [1.165, 1.54) is 75.5 Å². The molecule has 1 nitrogen and oxygen atoms in total. The summed E-state index contributed by atoms with van der Waals surface area (Å²) in [5, 5.41) is 4.02. The van der Waals surface area contributed by atoms with Gasteiger partial charge in [0.1, 0.15) is 0 Å². The van der Waals surface area contributed by atoms with Crippen LogP contribution in [0.2, 0.25) is 0 Å². The van der Waals surface area contributed by atoms with E-state index in [9.17, 15) is 0 Å². The second kappa shape index (κ2) is 6.26. The predicted molar refractivity (Wildman–Crippen MR) is 94.5 cm³/mol. The molecule has 2 aliphatic carbocycles. The van der Waals surface area contributed by atoms with Gasteiger partial charge in [-0.3, -0.25) is 0 Å². The molecule has 1 N–H and O–H groups in total.